The van der Waals surface area contributed by atoms with Crippen LogP contribution in [0.1, 0.15) is 18.5 Å². The van der Waals surface area contributed by atoms with Crippen molar-refractivity contribution >= 4 is 24.0 Å². The molecule has 0 spiro atoms. The molecule has 1 amide bonds. The van der Waals surface area contributed by atoms with Crippen LogP contribution in [0.2, 0.25) is 0 Å². The standard InChI is InChI=1S/C12H14N4O4/c1-19-11(18)10(16-20-6-8-2-3-8)9-4-5-13-12(15-9)14-7-17/h4-5,7-8H,2-3,6H2,1H3,(H,13,14,15,17)/b16-10-. The van der Waals surface area contributed by atoms with Gasteiger partial charge < -0.3 is 9.57 Å². The van der Waals surface area contributed by atoms with Gasteiger partial charge in [0.1, 0.15) is 12.3 Å². The number of hydrogen-bond donors (Lipinski definition) is 1. The Balaban J connectivity index is 2.17. The predicted molar refractivity (Wildman–Crippen MR) is 68.9 cm³/mol. The number of esters is 1. The van der Waals surface area contributed by atoms with E-state index < -0.39 is 5.97 Å². The summed E-state index contributed by atoms with van der Waals surface area (Å²) in [6, 6.07) is 1.48. The number of amides is 1. The summed E-state index contributed by atoms with van der Waals surface area (Å²) >= 11 is 0. The Morgan fingerprint density at radius 2 is 2.40 bits per heavy atom. The van der Waals surface area contributed by atoms with Crippen LogP contribution < -0.4 is 5.32 Å². The normalized spacial score (nSPS) is 14.6. The van der Waals surface area contributed by atoms with Gasteiger partial charge in [-0.2, -0.15) is 0 Å². The van der Waals surface area contributed by atoms with E-state index in [1.807, 2.05) is 0 Å². The van der Waals surface area contributed by atoms with Gasteiger partial charge in [-0.25, -0.2) is 14.8 Å². The number of anilines is 1. The van der Waals surface area contributed by atoms with Crippen LogP contribution in [-0.2, 0) is 19.2 Å². The van der Waals surface area contributed by atoms with Gasteiger partial charge in [0.25, 0.3) is 0 Å². The number of hydrogen-bond acceptors (Lipinski definition) is 7. The lowest BCUT2D eigenvalue weighted by Gasteiger charge is -2.05. The zero-order valence-corrected chi connectivity index (χ0v) is 10.9. The quantitative estimate of drug-likeness (QED) is 0.334. The molecule has 1 heterocycles. The molecule has 0 bridgehead atoms. The minimum absolute atomic E-state index is 0.0653. The van der Waals surface area contributed by atoms with Crippen LogP contribution in [0, 0.1) is 5.92 Å². The molecule has 1 aliphatic rings. The van der Waals surface area contributed by atoms with E-state index in [1.165, 1.54) is 19.4 Å². The van der Waals surface area contributed by atoms with Crippen molar-refractivity contribution in [3.8, 4) is 0 Å². The van der Waals surface area contributed by atoms with Crippen molar-refractivity contribution < 1.29 is 19.2 Å². The Labute approximate surface area is 115 Å². The SMILES string of the molecule is COC(=O)/C(=N\OCC1CC1)c1ccnc(NC=O)n1. The highest BCUT2D eigenvalue weighted by Gasteiger charge is 2.23. The molecule has 1 N–H and O–H groups in total. The van der Waals surface area contributed by atoms with E-state index in [4.69, 9.17) is 4.84 Å². The first-order valence-corrected chi connectivity index (χ1v) is 6.06. The lowest BCUT2D eigenvalue weighted by Crippen LogP contribution is -2.20. The van der Waals surface area contributed by atoms with Gasteiger partial charge in [0.15, 0.2) is 0 Å². The lowest BCUT2D eigenvalue weighted by atomic mass is 10.2. The van der Waals surface area contributed by atoms with Gasteiger partial charge in [-0.1, -0.05) is 5.16 Å². The minimum atomic E-state index is -0.670. The first-order valence-electron chi connectivity index (χ1n) is 6.06. The van der Waals surface area contributed by atoms with E-state index in [0.29, 0.717) is 18.9 Å². The number of rotatable bonds is 7. The molecule has 8 nitrogen and oxygen atoms in total. The Kier molecular flexibility index (Phi) is 4.59. The topological polar surface area (TPSA) is 103 Å². The summed E-state index contributed by atoms with van der Waals surface area (Å²) in [4.78, 5) is 35.0. The van der Waals surface area contributed by atoms with E-state index in [0.717, 1.165) is 12.8 Å². The van der Waals surface area contributed by atoms with E-state index in [1.54, 1.807) is 0 Å². The number of carbonyl (C=O) groups is 2. The van der Waals surface area contributed by atoms with Crippen LogP contribution in [0.4, 0.5) is 5.95 Å². The summed E-state index contributed by atoms with van der Waals surface area (Å²) < 4.78 is 4.64. The third-order valence-electron chi connectivity index (χ3n) is 2.63. The summed E-state index contributed by atoms with van der Waals surface area (Å²) in [5, 5.41) is 6.08. The smallest absolute Gasteiger partial charge is 0.362 e. The molecule has 0 aromatic carbocycles. The summed E-state index contributed by atoms with van der Waals surface area (Å²) in [5.74, 6) is -0.0943. The molecule has 2 rings (SSSR count). The van der Waals surface area contributed by atoms with Crippen molar-refractivity contribution in [3.63, 3.8) is 0 Å². The van der Waals surface area contributed by atoms with E-state index >= 15 is 0 Å². The first-order chi connectivity index (χ1) is 9.74. The van der Waals surface area contributed by atoms with E-state index in [2.05, 4.69) is 25.2 Å². The first kappa shape index (κ1) is 13.9. The van der Waals surface area contributed by atoms with Crippen molar-refractivity contribution in [2.24, 2.45) is 11.1 Å². The highest BCUT2D eigenvalue weighted by Crippen LogP contribution is 2.28. The number of nitrogens with zero attached hydrogens (tertiary/aromatic N) is 3. The molecule has 20 heavy (non-hydrogen) atoms. The maximum atomic E-state index is 11.7. The molecule has 0 aliphatic heterocycles. The average molecular weight is 278 g/mol. The van der Waals surface area contributed by atoms with Gasteiger partial charge in [0, 0.05) is 6.20 Å². The third kappa shape index (κ3) is 3.74. The fraction of sp³-hybridized carbons (Fsp3) is 0.417. The van der Waals surface area contributed by atoms with Crippen LogP contribution >= 0.6 is 0 Å². The summed E-state index contributed by atoms with van der Waals surface area (Å²) in [5.41, 5.74) is 0.150. The van der Waals surface area contributed by atoms with Crippen LogP contribution in [0.5, 0.6) is 0 Å². The molecule has 1 aromatic heterocycles. The zero-order chi connectivity index (χ0) is 14.4. The number of ether oxygens (including phenoxy) is 1. The van der Waals surface area contributed by atoms with Crippen molar-refractivity contribution in [2.45, 2.75) is 12.8 Å². The molecule has 0 radical (unpaired) electrons. The molecular formula is C12H14N4O4. The number of oxime groups is 1. The van der Waals surface area contributed by atoms with Gasteiger partial charge in [0.05, 0.1) is 7.11 Å². The highest BCUT2D eigenvalue weighted by molar-refractivity contribution is 6.42. The summed E-state index contributed by atoms with van der Waals surface area (Å²) in [7, 11) is 1.24. The Morgan fingerprint density at radius 3 is 3.05 bits per heavy atom. The molecular weight excluding hydrogens is 264 g/mol. The van der Waals surface area contributed by atoms with Crippen molar-refractivity contribution in [3.05, 3.63) is 18.0 Å². The van der Waals surface area contributed by atoms with Crippen LogP contribution in [0.25, 0.3) is 0 Å². The lowest BCUT2D eigenvalue weighted by molar-refractivity contribution is -0.132. The summed E-state index contributed by atoms with van der Waals surface area (Å²) in [6.45, 7) is 0.463. The average Bonchev–Trinajstić information content (AvgIpc) is 3.28. The fourth-order valence-corrected chi connectivity index (χ4v) is 1.39. The van der Waals surface area contributed by atoms with E-state index in [-0.39, 0.29) is 17.4 Å². The molecule has 1 saturated carbocycles. The fourth-order valence-electron chi connectivity index (χ4n) is 1.39. The Morgan fingerprint density at radius 1 is 1.60 bits per heavy atom. The van der Waals surface area contributed by atoms with Crippen molar-refractivity contribution in [2.75, 3.05) is 19.0 Å². The van der Waals surface area contributed by atoms with Crippen LogP contribution in [0.15, 0.2) is 17.4 Å². The maximum Gasteiger partial charge on any atom is 0.362 e. The third-order valence-corrected chi connectivity index (χ3v) is 2.63. The number of methoxy groups -OCH3 is 1. The summed E-state index contributed by atoms with van der Waals surface area (Å²) in [6.07, 6.45) is 4.07. The Bertz CT molecular complexity index is 528. The molecule has 1 aliphatic carbocycles. The molecule has 106 valence electrons. The predicted octanol–water partition coefficient (Wildman–Crippen LogP) is 0.349. The highest BCUT2D eigenvalue weighted by atomic mass is 16.6. The Hall–Kier alpha value is -2.51. The monoisotopic (exact) mass is 278 g/mol. The second kappa shape index (κ2) is 6.60. The molecule has 1 aromatic rings. The van der Waals surface area contributed by atoms with Crippen LogP contribution in [0.3, 0.4) is 0 Å². The molecule has 8 heteroatoms. The number of carbonyl (C=O) groups excluding carboxylic acids is 2. The second-order valence-electron chi connectivity index (χ2n) is 4.20. The van der Waals surface area contributed by atoms with E-state index in [9.17, 15) is 9.59 Å². The van der Waals surface area contributed by atoms with Gasteiger partial charge in [-0.05, 0) is 24.8 Å². The van der Waals surface area contributed by atoms with Gasteiger partial charge in [-0.15, -0.1) is 0 Å². The second-order valence-corrected chi connectivity index (χ2v) is 4.20. The van der Waals surface area contributed by atoms with Crippen molar-refractivity contribution in [1.29, 1.82) is 0 Å². The maximum absolute atomic E-state index is 11.7. The molecule has 0 atom stereocenters. The van der Waals surface area contributed by atoms with Gasteiger partial charge in [-0.3, -0.25) is 10.1 Å². The van der Waals surface area contributed by atoms with Crippen molar-refractivity contribution in [1.82, 2.24) is 9.97 Å². The minimum Gasteiger partial charge on any atom is -0.464 e. The van der Waals surface area contributed by atoms with Gasteiger partial charge in [0.2, 0.25) is 18.1 Å². The number of nitrogens with one attached hydrogen (secondary N) is 1. The van der Waals surface area contributed by atoms with Gasteiger partial charge >= 0.3 is 5.97 Å². The number of aromatic nitrogens is 2. The molecule has 0 saturated heterocycles. The van der Waals surface area contributed by atoms with Crippen LogP contribution in [-0.4, -0.2) is 41.8 Å². The zero-order valence-electron chi connectivity index (χ0n) is 10.9. The largest absolute Gasteiger partial charge is 0.464 e. The molecule has 1 fully saturated rings. The molecule has 0 unspecified atom stereocenters.